The van der Waals surface area contributed by atoms with E-state index in [0.29, 0.717) is 23.5 Å². The van der Waals surface area contributed by atoms with Crippen LogP contribution >= 0.6 is 27.3 Å². The van der Waals surface area contributed by atoms with E-state index in [4.69, 9.17) is 4.74 Å². The Morgan fingerprint density at radius 2 is 2.35 bits per heavy atom. The Hall–Kier alpha value is -0.880. The van der Waals surface area contributed by atoms with Crippen LogP contribution in [-0.2, 0) is 9.53 Å². The molecule has 1 unspecified atom stereocenters. The van der Waals surface area contributed by atoms with Crippen LogP contribution in [0, 0.1) is 6.92 Å². The van der Waals surface area contributed by atoms with Crippen LogP contribution in [0.15, 0.2) is 6.07 Å². The van der Waals surface area contributed by atoms with Crippen LogP contribution in [0.2, 0.25) is 0 Å². The van der Waals surface area contributed by atoms with E-state index < -0.39 is 5.97 Å². The van der Waals surface area contributed by atoms with Gasteiger partial charge in [-0.25, -0.2) is 4.79 Å². The van der Waals surface area contributed by atoms with E-state index in [1.807, 2.05) is 6.92 Å². The number of methoxy groups -OCH3 is 1. The third-order valence-corrected chi connectivity index (χ3v) is 4.25. The Balaban J connectivity index is 2.38. The van der Waals surface area contributed by atoms with Crippen LogP contribution in [-0.4, -0.2) is 30.4 Å². The summed E-state index contributed by atoms with van der Waals surface area (Å²) in [5.41, 5.74) is 0.477. The van der Waals surface area contributed by atoms with Gasteiger partial charge in [-0.15, -0.1) is 11.3 Å². The van der Waals surface area contributed by atoms with Gasteiger partial charge in [-0.3, -0.25) is 4.79 Å². The highest BCUT2D eigenvalue weighted by Gasteiger charge is 2.32. The Morgan fingerprint density at radius 3 is 2.88 bits per heavy atom. The fraction of sp³-hybridized carbons (Fsp3) is 0.455. The molecule has 1 atom stereocenters. The number of nitrogens with zero attached hydrogens (tertiary/aromatic N) is 1. The first-order valence-corrected chi connectivity index (χ1v) is 6.89. The number of anilines is 1. The Kier molecular flexibility index (Phi) is 3.53. The maximum Gasteiger partial charge on any atom is 0.340 e. The standard InChI is InChI=1S/C11H12BrNO3S/c1-6-3-8(11(15)16-2)10(17-6)13-5-7(12)4-9(13)14/h3,7H,4-5H2,1-2H3. The molecule has 0 spiro atoms. The third kappa shape index (κ3) is 2.37. The van der Waals surface area contributed by atoms with Gasteiger partial charge in [-0.05, 0) is 13.0 Å². The van der Waals surface area contributed by atoms with Gasteiger partial charge < -0.3 is 9.64 Å². The molecule has 1 fully saturated rings. The second-order valence-corrected chi connectivity index (χ2v) is 6.40. The molecule has 0 bridgehead atoms. The second-order valence-electron chi connectivity index (χ2n) is 3.87. The number of hydrogen-bond acceptors (Lipinski definition) is 4. The van der Waals surface area contributed by atoms with Gasteiger partial charge in [0.05, 0.1) is 12.7 Å². The van der Waals surface area contributed by atoms with E-state index in [1.54, 1.807) is 11.0 Å². The van der Waals surface area contributed by atoms with Gasteiger partial charge >= 0.3 is 5.97 Å². The quantitative estimate of drug-likeness (QED) is 0.621. The van der Waals surface area contributed by atoms with Crippen molar-refractivity contribution in [2.45, 2.75) is 18.2 Å². The highest BCUT2D eigenvalue weighted by molar-refractivity contribution is 9.09. The molecule has 0 aromatic carbocycles. The third-order valence-electron chi connectivity index (χ3n) is 2.56. The van der Waals surface area contributed by atoms with E-state index in [2.05, 4.69) is 15.9 Å². The summed E-state index contributed by atoms with van der Waals surface area (Å²) in [6.07, 6.45) is 0.470. The number of carbonyl (C=O) groups is 2. The molecule has 2 rings (SSSR count). The molecule has 0 radical (unpaired) electrons. The fourth-order valence-electron chi connectivity index (χ4n) is 1.82. The first-order chi connectivity index (χ1) is 8.02. The number of hydrogen-bond donors (Lipinski definition) is 0. The molecule has 1 aliphatic heterocycles. The minimum Gasteiger partial charge on any atom is -0.465 e. The minimum absolute atomic E-state index is 0.0406. The predicted octanol–water partition coefficient (Wildman–Crippen LogP) is 2.34. The maximum absolute atomic E-state index is 11.8. The minimum atomic E-state index is -0.393. The molecule has 4 nitrogen and oxygen atoms in total. The number of alkyl halides is 1. The Bertz CT molecular complexity index is 471. The lowest BCUT2D eigenvalue weighted by molar-refractivity contribution is -0.116. The summed E-state index contributed by atoms with van der Waals surface area (Å²) in [6, 6.07) is 1.76. The molecule has 1 aliphatic rings. The molecular formula is C11H12BrNO3S. The van der Waals surface area contributed by atoms with E-state index in [0.717, 1.165) is 4.88 Å². The number of thiophene rings is 1. The van der Waals surface area contributed by atoms with Gasteiger partial charge in [0.25, 0.3) is 0 Å². The maximum atomic E-state index is 11.8. The van der Waals surface area contributed by atoms with Crippen molar-refractivity contribution in [2.24, 2.45) is 0 Å². The second kappa shape index (κ2) is 4.78. The molecule has 6 heteroatoms. The summed E-state index contributed by atoms with van der Waals surface area (Å²) < 4.78 is 4.73. The highest BCUT2D eigenvalue weighted by Crippen LogP contribution is 2.35. The van der Waals surface area contributed by atoms with Crippen molar-refractivity contribution < 1.29 is 14.3 Å². The Labute approximate surface area is 112 Å². The zero-order chi connectivity index (χ0) is 12.6. The fourth-order valence-corrected chi connectivity index (χ4v) is 3.41. The molecular weight excluding hydrogens is 306 g/mol. The lowest BCUT2D eigenvalue weighted by Gasteiger charge is -2.14. The summed E-state index contributed by atoms with van der Waals surface area (Å²) in [7, 11) is 1.35. The van der Waals surface area contributed by atoms with E-state index in [9.17, 15) is 9.59 Å². The van der Waals surface area contributed by atoms with Gasteiger partial charge in [0.15, 0.2) is 0 Å². The lowest BCUT2D eigenvalue weighted by Crippen LogP contribution is -2.25. The van der Waals surface area contributed by atoms with Gasteiger partial charge in [-0.1, -0.05) is 15.9 Å². The predicted molar refractivity (Wildman–Crippen MR) is 70.1 cm³/mol. The molecule has 0 saturated carbocycles. The van der Waals surface area contributed by atoms with Crippen molar-refractivity contribution in [3.8, 4) is 0 Å². The van der Waals surface area contributed by atoms with Crippen molar-refractivity contribution in [3.63, 3.8) is 0 Å². The molecule has 92 valence electrons. The van der Waals surface area contributed by atoms with Crippen molar-refractivity contribution >= 4 is 44.1 Å². The van der Waals surface area contributed by atoms with Gasteiger partial charge in [0.2, 0.25) is 5.91 Å². The topological polar surface area (TPSA) is 46.6 Å². The molecule has 0 aliphatic carbocycles. The zero-order valence-corrected chi connectivity index (χ0v) is 11.9. The highest BCUT2D eigenvalue weighted by atomic mass is 79.9. The molecule has 1 aromatic heterocycles. The zero-order valence-electron chi connectivity index (χ0n) is 9.53. The molecule has 2 heterocycles. The number of amides is 1. The van der Waals surface area contributed by atoms with Crippen molar-refractivity contribution in [3.05, 3.63) is 16.5 Å². The van der Waals surface area contributed by atoms with Crippen LogP contribution in [0.1, 0.15) is 21.7 Å². The number of rotatable bonds is 2. The number of carbonyl (C=O) groups excluding carboxylic acids is 2. The SMILES string of the molecule is COC(=O)c1cc(C)sc1N1CC(Br)CC1=O. The van der Waals surface area contributed by atoms with Crippen LogP contribution in [0.5, 0.6) is 0 Å². The van der Waals surface area contributed by atoms with E-state index in [1.165, 1.54) is 18.4 Å². The smallest absolute Gasteiger partial charge is 0.340 e. The van der Waals surface area contributed by atoms with Gasteiger partial charge in [-0.2, -0.15) is 0 Å². The summed E-state index contributed by atoms with van der Waals surface area (Å²) in [5.74, 6) is -0.353. The number of aryl methyl sites for hydroxylation is 1. The molecule has 1 aromatic rings. The first-order valence-electron chi connectivity index (χ1n) is 5.16. The van der Waals surface area contributed by atoms with Crippen molar-refractivity contribution in [2.75, 3.05) is 18.6 Å². The first kappa shape index (κ1) is 12.6. The lowest BCUT2D eigenvalue weighted by atomic mass is 10.3. The van der Waals surface area contributed by atoms with Gasteiger partial charge in [0, 0.05) is 22.7 Å². The molecule has 1 amide bonds. The van der Waals surface area contributed by atoms with Crippen molar-refractivity contribution in [1.82, 2.24) is 0 Å². The van der Waals surface area contributed by atoms with E-state index >= 15 is 0 Å². The summed E-state index contributed by atoms with van der Waals surface area (Å²) in [6.45, 7) is 2.51. The largest absolute Gasteiger partial charge is 0.465 e. The Morgan fingerprint density at radius 1 is 1.65 bits per heavy atom. The molecule has 0 N–H and O–H groups in total. The number of esters is 1. The van der Waals surface area contributed by atoms with Crippen LogP contribution in [0.25, 0.3) is 0 Å². The summed E-state index contributed by atoms with van der Waals surface area (Å²) in [5, 5.41) is 0.696. The van der Waals surface area contributed by atoms with E-state index in [-0.39, 0.29) is 10.7 Å². The average Bonchev–Trinajstić information content (AvgIpc) is 2.80. The number of ether oxygens (including phenoxy) is 1. The van der Waals surface area contributed by atoms with Crippen molar-refractivity contribution in [1.29, 1.82) is 0 Å². The molecule has 1 saturated heterocycles. The summed E-state index contributed by atoms with van der Waals surface area (Å²) >= 11 is 4.87. The van der Waals surface area contributed by atoms with Crippen LogP contribution in [0.4, 0.5) is 5.00 Å². The normalized spacial score (nSPS) is 19.8. The van der Waals surface area contributed by atoms with Gasteiger partial charge in [0.1, 0.15) is 5.00 Å². The number of halogens is 1. The average molecular weight is 318 g/mol. The molecule has 17 heavy (non-hydrogen) atoms. The monoisotopic (exact) mass is 317 g/mol. The van der Waals surface area contributed by atoms with Crippen LogP contribution < -0.4 is 4.90 Å². The van der Waals surface area contributed by atoms with Crippen LogP contribution in [0.3, 0.4) is 0 Å². The summed E-state index contributed by atoms with van der Waals surface area (Å²) in [4.78, 5) is 26.2.